The first kappa shape index (κ1) is 8.51. The standard InChI is InChI=1S/C10H10O2S/c11-13(12)10-6-5-8-3-1-2-4-9(8)7-10/h1-4H,5-7H2. The summed E-state index contributed by atoms with van der Waals surface area (Å²) < 4.78 is 21.5. The Balaban J connectivity index is 2.46. The SMILES string of the molecule is O=S(=O)=C1CCc2ccccc2C1. The van der Waals surface area contributed by atoms with E-state index >= 15 is 0 Å². The summed E-state index contributed by atoms with van der Waals surface area (Å²) in [6, 6.07) is 8.02. The maximum absolute atomic E-state index is 10.7. The Bertz CT molecular complexity index is 450. The van der Waals surface area contributed by atoms with Gasteiger partial charge >= 0.3 is 0 Å². The van der Waals surface area contributed by atoms with E-state index in [0.29, 0.717) is 17.7 Å². The summed E-state index contributed by atoms with van der Waals surface area (Å²) >= 11 is 0. The highest BCUT2D eigenvalue weighted by atomic mass is 32.2. The maximum Gasteiger partial charge on any atom is 0.213 e. The molecule has 1 aromatic rings. The Kier molecular flexibility index (Phi) is 2.19. The molecule has 0 fully saturated rings. The zero-order valence-corrected chi connectivity index (χ0v) is 7.97. The van der Waals surface area contributed by atoms with E-state index < -0.39 is 10.3 Å². The zero-order valence-electron chi connectivity index (χ0n) is 7.16. The van der Waals surface area contributed by atoms with E-state index in [0.717, 1.165) is 12.0 Å². The van der Waals surface area contributed by atoms with Crippen LogP contribution in [0.25, 0.3) is 0 Å². The Labute approximate surface area is 78.7 Å². The van der Waals surface area contributed by atoms with Crippen molar-refractivity contribution in [3.8, 4) is 0 Å². The number of hydrogen-bond acceptors (Lipinski definition) is 2. The van der Waals surface area contributed by atoms with Crippen LogP contribution in [-0.4, -0.2) is 13.3 Å². The summed E-state index contributed by atoms with van der Waals surface area (Å²) in [5, 5.41) is 0. The second-order valence-corrected chi connectivity index (χ2v) is 4.27. The summed E-state index contributed by atoms with van der Waals surface area (Å²) in [4.78, 5) is 0.638. The summed E-state index contributed by atoms with van der Waals surface area (Å²) in [6.45, 7) is 0. The van der Waals surface area contributed by atoms with E-state index in [1.807, 2.05) is 18.2 Å². The van der Waals surface area contributed by atoms with Gasteiger partial charge in [-0.2, -0.15) is 8.42 Å². The quantitative estimate of drug-likeness (QED) is 0.582. The summed E-state index contributed by atoms with van der Waals surface area (Å²) in [5.41, 5.74) is 2.45. The van der Waals surface area contributed by atoms with Gasteiger partial charge in [0.2, 0.25) is 10.3 Å². The van der Waals surface area contributed by atoms with Gasteiger partial charge in [0.05, 0.1) is 4.86 Å². The van der Waals surface area contributed by atoms with Crippen LogP contribution in [0.2, 0.25) is 0 Å². The van der Waals surface area contributed by atoms with Crippen LogP contribution < -0.4 is 0 Å². The number of fused-ring (bicyclic) bond motifs is 1. The lowest BCUT2D eigenvalue weighted by molar-refractivity contribution is 0.626. The molecule has 2 rings (SSSR count). The fraction of sp³-hybridized carbons (Fsp3) is 0.300. The van der Waals surface area contributed by atoms with Crippen LogP contribution >= 0.6 is 0 Å². The lowest BCUT2D eigenvalue weighted by Crippen LogP contribution is -2.14. The van der Waals surface area contributed by atoms with Crippen molar-refractivity contribution in [2.45, 2.75) is 19.3 Å². The van der Waals surface area contributed by atoms with E-state index in [1.165, 1.54) is 5.56 Å². The third kappa shape index (κ3) is 1.65. The maximum atomic E-state index is 10.7. The highest BCUT2D eigenvalue weighted by molar-refractivity contribution is 7.73. The highest BCUT2D eigenvalue weighted by Gasteiger charge is 2.13. The summed E-state index contributed by atoms with van der Waals surface area (Å²) in [5.74, 6) is 0. The minimum atomic E-state index is -1.99. The predicted octanol–water partition coefficient (Wildman–Crippen LogP) is 1.23. The molecule has 0 aliphatic heterocycles. The van der Waals surface area contributed by atoms with E-state index in [9.17, 15) is 8.42 Å². The van der Waals surface area contributed by atoms with E-state index in [2.05, 4.69) is 6.07 Å². The van der Waals surface area contributed by atoms with Gasteiger partial charge in [-0.3, -0.25) is 0 Å². The van der Waals surface area contributed by atoms with Crippen molar-refractivity contribution >= 4 is 15.2 Å². The summed E-state index contributed by atoms with van der Waals surface area (Å²) in [7, 11) is -1.99. The second-order valence-electron chi connectivity index (χ2n) is 3.22. The molecule has 1 aromatic carbocycles. The lowest BCUT2D eigenvalue weighted by Gasteiger charge is -2.14. The normalized spacial score (nSPS) is 15.2. The fourth-order valence-electron chi connectivity index (χ4n) is 1.69. The summed E-state index contributed by atoms with van der Waals surface area (Å²) in [6.07, 6.45) is 2.15. The first-order chi connectivity index (χ1) is 6.27. The molecule has 0 N–H and O–H groups in total. The van der Waals surface area contributed by atoms with Crippen molar-refractivity contribution < 1.29 is 8.42 Å². The van der Waals surface area contributed by atoms with Crippen LogP contribution in [0.3, 0.4) is 0 Å². The van der Waals surface area contributed by atoms with E-state index in [4.69, 9.17) is 0 Å². The van der Waals surface area contributed by atoms with Crippen molar-refractivity contribution in [2.75, 3.05) is 0 Å². The molecule has 0 radical (unpaired) electrons. The van der Waals surface area contributed by atoms with Crippen LogP contribution in [-0.2, 0) is 23.1 Å². The van der Waals surface area contributed by atoms with Crippen LogP contribution in [0.15, 0.2) is 24.3 Å². The predicted molar refractivity (Wildman–Crippen MR) is 52.4 cm³/mol. The lowest BCUT2D eigenvalue weighted by atomic mass is 9.92. The van der Waals surface area contributed by atoms with Crippen molar-refractivity contribution in [3.63, 3.8) is 0 Å². The van der Waals surface area contributed by atoms with Crippen LogP contribution in [0.4, 0.5) is 0 Å². The average molecular weight is 194 g/mol. The van der Waals surface area contributed by atoms with Crippen molar-refractivity contribution in [2.24, 2.45) is 0 Å². The topological polar surface area (TPSA) is 34.1 Å². The smallest absolute Gasteiger partial charge is 0.185 e. The molecule has 0 spiro atoms. The molecule has 0 saturated heterocycles. The molecule has 13 heavy (non-hydrogen) atoms. The first-order valence-corrected chi connectivity index (χ1v) is 5.35. The number of benzene rings is 1. The minimum absolute atomic E-state index is 0.603. The molecular formula is C10H10O2S. The fourth-order valence-corrected chi connectivity index (χ4v) is 2.23. The van der Waals surface area contributed by atoms with E-state index in [-0.39, 0.29) is 0 Å². The van der Waals surface area contributed by atoms with Crippen molar-refractivity contribution in [3.05, 3.63) is 35.4 Å². The van der Waals surface area contributed by atoms with Gasteiger partial charge in [0.15, 0.2) is 0 Å². The molecule has 0 saturated carbocycles. The molecular weight excluding hydrogens is 184 g/mol. The van der Waals surface area contributed by atoms with Crippen molar-refractivity contribution in [1.82, 2.24) is 0 Å². The Hall–Kier alpha value is -1.09. The molecule has 2 nitrogen and oxygen atoms in total. The van der Waals surface area contributed by atoms with Crippen LogP contribution in [0.5, 0.6) is 0 Å². The van der Waals surface area contributed by atoms with Gasteiger partial charge in [0.25, 0.3) is 0 Å². The molecule has 0 unspecified atom stereocenters. The third-order valence-corrected chi connectivity index (χ3v) is 3.23. The van der Waals surface area contributed by atoms with Gasteiger partial charge in [0, 0.05) is 6.42 Å². The molecule has 0 aromatic heterocycles. The van der Waals surface area contributed by atoms with Gasteiger partial charge in [-0.15, -0.1) is 0 Å². The second kappa shape index (κ2) is 3.34. The molecule has 68 valence electrons. The van der Waals surface area contributed by atoms with Gasteiger partial charge in [-0.1, -0.05) is 24.3 Å². The van der Waals surface area contributed by atoms with Crippen LogP contribution in [0.1, 0.15) is 17.5 Å². The molecule has 1 aliphatic carbocycles. The third-order valence-electron chi connectivity index (χ3n) is 2.41. The van der Waals surface area contributed by atoms with Gasteiger partial charge in [-0.25, -0.2) is 0 Å². The number of aryl methyl sites for hydroxylation is 1. The largest absolute Gasteiger partial charge is 0.213 e. The monoisotopic (exact) mass is 194 g/mol. The van der Waals surface area contributed by atoms with Gasteiger partial charge in [-0.05, 0) is 24.0 Å². The zero-order chi connectivity index (χ0) is 9.26. The van der Waals surface area contributed by atoms with Crippen LogP contribution in [0, 0.1) is 0 Å². The van der Waals surface area contributed by atoms with Crippen molar-refractivity contribution in [1.29, 1.82) is 0 Å². The van der Waals surface area contributed by atoms with E-state index in [1.54, 1.807) is 0 Å². The molecule has 0 amide bonds. The number of hydrogen-bond donors (Lipinski definition) is 0. The molecule has 0 atom stereocenters. The number of rotatable bonds is 0. The Morgan fingerprint density at radius 3 is 2.38 bits per heavy atom. The molecule has 3 heteroatoms. The van der Waals surface area contributed by atoms with Gasteiger partial charge in [0.1, 0.15) is 0 Å². The molecule has 0 heterocycles. The average Bonchev–Trinajstić information content (AvgIpc) is 2.17. The Morgan fingerprint density at radius 2 is 1.69 bits per heavy atom. The molecule has 1 aliphatic rings. The first-order valence-electron chi connectivity index (χ1n) is 4.28. The van der Waals surface area contributed by atoms with Gasteiger partial charge < -0.3 is 0 Å². The highest BCUT2D eigenvalue weighted by Crippen LogP contribution is 2.18. The minimum Gasteiger partial charge on any atom is -0.185 e. The Morgan fingerprint density at radius 1 is 1.00 bits per heavy atom. The molecule has 0 bridgehead atoms.